The van der Waals surface area contributed by atoms with Gasteiger partial charge in [0, 0.05) is 24.3 Å². The second-order valence-electron chi connectivity index (χ2n) is 6.36. The van der Waals surface area contributed by atoms with Crippen LogP contribution in [0.2, 0.25) is 0 Å². The molecule has 1 unspecified atom stereocenters. The van der Waals surface area contributed by atoms with Crippen LogP contribution in [0.15, 0.2) is 24.3 Å². The summed E-state index contributed by atoms with van der Waals surface area (Å²) in [6.07, 6.45) is 3.54. The van der Waals surface area contributed by atoms with Crippen molar-refractivity contribution >= 4 is 5.69 Å². The molecule has 0 bridgehead atoms. The Balaban J connectivity index is 2.97. The third kappa shape index (κ3) is 5.03. The number of benzene rings is 1. The largest absolute Gasteiger partial charge is 0.368 e. The van der Waals surface area contributed by atoms with E-state index in [-0.39, 0.29) is 0 Å². The van der Waals surface area contributed by atoms with Crippen LogP contribution in [0.25, 0.3) is 0 Å². The number of hydrogen-bond donors (Lipinski definition) is 1. The smallest absolute Gasteiger partial charge is 0.0368 e. The van der Waals surface area contributed by atoms with Gasteiger partial charge >= 0.3 is 0 Å². The van der Waals surface area contributed by atoms with E-state index in [1.807, 2.05) is 7.05 Å². The van der Waals surface area contributed by atoms with Gasteiger partial charge in [-0.1, -0.05) is 46.8 Å². The van der Waals surface area contributed by atoms with Crippen molar-refractivity contribution in [2.24, 2.45) is 5.92 Å². The van der Waals surface area contributed by atoms with E-state index in [4.69, 9.17) is 0 Å². The zero-order valence-corrected chi connectivity index (χ0v) is 14.8. The minimum atomic E-state index is 0.464. The van der Waals surface area contributed by atoms with Gasteiger partial charge in [0.2, 0.25) is 0 Å². The molecule has 0 saturated heterocycles. The van der Waals surface area contributed by atoms with Crippen LogP contribution < -0.4 is 10.2 Å². The van der Waals surface area contributed by atoms with E-state index in [0.29, 0.717) is 18.0 Å². The summed E-state index contributed by atoms with van der Waals surface area (Å²) in [7, 11) is 2.04. The molecule has 21 heavy (non-hydrogen) atoms. The molecule has 0 aliphatic carbocycles. The Labute approximate surface area is 131 Å². The van der Waals surface area contributed by atoms with Gasteiger partial charge in [-0.3, -0.25) is 0 Å². The Bertz CT molecular complexity index is 375. The summed E-state index contributed by atoms with van der Waals surface area (Å²) in [6, 6.07) is 10.3. The minimum absolute atomic E-state index is 0.464. The molecule has 0 aliphatic rings. The van der Waals surface area contributed by atoms with E-state index < -0.39 is 0 Å². The van der Waals surface area contributed by atoms with Gasteiger partial charge in [-0.2, -0.15) is 0 Å². The molecule has 1 aromatic rings. The summed E-state index contributed by atoms with van der Waals surface area (Å²) in [6.45, 7) is 12.6. The SMILES string of the molecule is CCC(NC)c1ccc(N(CC(C)C)C(CC)CC)cc1. The van der Waals surface area contributed by atoms with Crippen molar-refractivity contribution in [1.82, 2.24) is 5.32 Å². The summed E-state index contributed by atoms with van der Waals surface area (Å²) < 4.78 is 0. The Hall–Kier alpha value is -1.02. The van der Waals surface area contributed by atoms with Crippen molar-refractivity contribution in [2.45, 2.75) is 66.0 Å². The maximum Gasteiger partial charge on any atom is 0.0368 e. The highest BCUT2D eigenvalue weighted by atomic mass is 15.2. The summed E-state index contributed by atoms with van der Waals surface area (Å²) in [5, 5.41) is 3.38. The molecule has 2 heteroatoms. The average molecular weight is 290 g/mol. The van der Waals surface area contributed by atoms with E-state index in [0.717, 1.165) is 13.0 Å². The fourth-order valence-corrected chi connectivity index (χ4v) is 3.09. The molecule has 0 aromatic heterocycles. The maximum atomic E-state index is 3.38. The first-order valence-electron chi connectivity index (χ1n) is 8.61. The van der Waals surface area contributed by atoms with Crippen LogP contribution in [-0.2, 0) is 0 Å². The van der Waals surface area contributed by atoms with Crippen molar-refractivity contribution in [3.8, 4) is 0 Å². The van der Waals surface area contributed by atoms with Crippen LogP contribution in [0, 0.1) is 5.92 Å². The van der Waals surface area contributed by atoms with Crippen molar-refractivity contribution in [3.63, 3.8) is 0 Å². The van der Waals surface area contributed by atoms with Gasteiger partial charge in [0.15, 0.2) is 0 Å². The van der Waals surface area contributed by atoms with E-state index >= 15 is 0 Å². The lowest BCUT2D eigenvalue weighted by Gasteiger charge is -2.34. The molecule has 2 nitrogen and oxygen atoms in total. The molecule has 1 rings (SSSR count). The highest BCUT2D eigenvalue weighted by Gasteiger charge is 2.17. The first-order valence-corrected chi connectivity index (χ1v) is 8.61. The van der Waals surface area contributed by atoms with E-state index in [2.05, 4.69) is 69.1 Å². The average Bonchev–Trinajstić information content (AvgIpc) is 2.49. The third-order valence-corrected chi connectivity index (χ3v) is 4.33. The lowest BCUT2D eigenvalue weighted by Crippen LogP contribution is -2.37. The van der Waals surface area contributed by atoms with E-state index in [1.165, 1.54) is 24.1 Å². The standard InChI is InChI=1S/C19H34N2/c1-7-17(8-2)21(14-15(4)5)18-12-10-16(11-13-18)19(9-3)20-6/h10-13,15,17,19-20H,7-9,14H2,1-6H3. The van der Waals surface area contributed by atoms with E-state index in [1.54, 1.807) is 0 Å². The molecule has 0 heterocycles. The fourth-order valence-electron chi connectivity index (χ4n) is 3.09. The molecule has 0 aliphatic heterocycles. The van der Waals surface area contributed by atoms with Gasteiger partial charge in [-0.05, 0) is 49.9 Å². The lowest BCUT2D eigenvalue weighted by molar-refractivity contribution is 0.507. The molecule has 1 N–H and O–H groups in total. The maximum absolute atomic E-state index is 3.38. The van der Waals surface area contributed by atoms with Crippen LogP contribution in [0.5, 0.6) is 0 Å². The summed E-state index contributed by atoms with van der Waals surface area (Å²) in [5.41, 5.74) is 2.75. The fraction of sp³-hybridized carbons (Fsp3) is 0.684. The topological polar surface area (TPSA) is 15.3 Å². The molecule has 0 spiro atoms. The molecule has 1 aromatic carbocycles. The Morgan fingerprint density at radius 2 is 1.52 bits per heavy atom. The molecule has 120 valence electrons. The first-order chi connectivity index (χ1) is 10.1. The summed E-state index contributed by atoms with van der Waals surface area (Å²) in [5.74, 6) is 0.686. The zero-order chi connectivity index (χ0) is 15.8. The van der Waals surface area contributed by atoms with Crippen LogP contribution in [0.1, 0.15) is 65.5 Å². The number of nitrogens with one attached hydrogen (secondary N) is 1. The second-order valence-corrected chi connectivity index (χ2v) is 6.36. The van der Waals surface area contributed by atoms with Gasteiger partial charge in [-0.25, -0.2) is 0 Å². The van der Waals surface area contributed by atoms with Crippen LogP contribution in [0.3, 0.4) is 0 Å². The monoisotopic (exact) mass is 290 g/mol. The molecule has 1 atom stereocenters. The summed E-state index contributed by atoms with van der Waals surface area (Å²) >= 11 is 0. The quantitative estimate of drug-likeness (QED) is 0.688. The molecular weight excluding hydrogens is 256 g/mol. The predicted molar refractivity (Wildman–Crippen MR) is 95.1 cm³/mol. The minimum Gasteiger partial charge on any atom is -0.368 e. The van der Waals surface area contributed by atoms with Gasteiger partial charge in [0.1, 0.15) is 0 Å². The van der Waals surface area contributed by atoms with Crippen LogP contribution in [-0.4, -0.2) is 19.6 Å². The summed E-state index contributed by atoms with van der Waals surface area (Å²) in [4.78, 5) is 2.59. The normalized spacial score (nSPS) is 13.0. The zero-order valence-electron chi connectivity index (χ0n) is 14.8. The Morgan fingerprint density at radius 1 is 0.952 bits per heavy atom. The van der Waals surface area contributed by atoms with Crippen molar-refractivity contribution in [1.29, 1.82) is 0 Å². The molecular formula is C19H34N2. The Kier molecular flexibility index (Phi) is 7.81. The van der Waals surface area contributed by atoms with Gasteiger partial charge in [-0.15, -0.1) is 0 Å². The molecule has 0 saturated carbocycles. The lowest BCUT2D eigenvalue weighted by atomic mass is 10.0. The number of anilines is 1. The number of hydrogen-bond acceptors (Lipinski definition) is 2. The van der Waals surface area contributed by atoms with E-state index in [9.17, 15) is 0 Å². The van der Waals surface area contributed by atoms with Crippen LogP contribution >= 0.6 is 0 Å². The molecule has 0 radical (unpaired) electrons. The van der Waals surface area contributed by atoms with Crippen LogP contribution in [0.4, 0.5) is 5.69 Å². The second kappa shape index (κ2) is 9.09. The van der Waals surface area contributed by atoms with Gasteiger partial charge in [0.25, 0.3) is 0 Å². The van der Waals surface area contributed by atoms with Crippen molar-refractivity contribution < 1.29 is 0 Å². The van der Waals surface area contributed by atoms with Gasteiger partial charge < -0.3 is 10.2 Å². The first kappa shape index (κ1) is 18.0. The number of nitrogens with zero attached hydrogens (tertiary/aromatic N) is 1. The molecule has 0 fully saturated rings. The van der Waals surface area contributed by atoms with Crippen molar-refractivity contribution in [3.05, 3.63) is 29.8 Å². The highest BCUT2D eigenvalue weighted by Crippen LogP contribution is 2.25. The Morgan fingerprint density at radius 3 is 1.90 bits per heavy atom. The van der Waals surface area contributed by atoms with Crippen molar-refractivity contribution in [2.75, 3.05) is 18.5 Å². The highest BCUT2D eigenvalue weighted by molar-refractivity contribution is 5.49. The van der Waals surface area contributed by atoms with Gasteiger partial charge in [0.05, 0.1) is 0 Å². The number of rotatable bonds is 9. The predicted octanol–water partition coefficient (Wildman–Crippen LogP) is 5.01. The third-order valence-electron chi connectivity index (χ3n) is 4.33. The molecule has 0 amide bonds.